The maximum atomic E-state index is 12.2. The van der Waals surface area contributed by atoms with Gasteiger partial charge in [0.2, 0.25) is 5.09 Å². The minimum Gasteiger partial charge on any atom is -0.495 e. The summed E-state index contributed by atoms with van der Waals surface area (Å²) in [6, 6.07) is 6.11. The Labute approximate surface area is 139 Å². The number of hydrogen-bond acceptors (Lipinski definition) is 5. The fraction of sp³-hybridized carbons (Fsp3) is 0.167. The molecule has 1 heterocycles. The van der Waals surface area contributed by atoms with Gasteiger partial charge in [-0.25, -0.2) is 0 Å². The molecule has 0 aliphatic heterocycles. The van der Waals surface area contributed by atoms with E-state index in [1.807, 2.05) is 0 Å². The van der Waals surface area contributed by atoms with Gasteiger partial charge < -0.3 is 14.9 Å². The molecule has 9 heteroatoms. The normalized spacial score (nSPS) is 11.4. The lowest BCUT2D eigenvalue weighted by Gasteiger charge is -2.11. The van der Waals surface area contributed by atoms with Gasteiger partial charge >= 0.3 is 0 Å². The first kappa shape index (κ1) is 16.3. The summed E-state index contributed by atoms with van der Waals surface area (Å²) >= 11 is 6.61. The van der Waals surface area contributed by atoms with E-state index in [4.69, 9.17) is 14.9 Å². The van der Waals surface area contributed by atoms with Crippen molar-refractivity contribution in [3.05, 3.63) is 39.0 Å². The molecule has 0 aliphatic rings. The fourth-order valence-corrected chi connectivity index (χ4v) is 3.98. The number of furan rings is 1. The Bertz CT molecular complexity index is 759. The Morgan fingerprint density at radius 3 is 2.57 bits per heavy atom. The topological polar surface area (TPSA) is 94.6 Å². The molecule has 1 aromatic heterocycles. The molecule has 0 amide bonds. The lowest BCUT2D eigenvalue weighted by atomic mass is 10.3. The van der Waals surface area contributed by atoms with Crippen LogP contribution in [0.25, 0.3) is 0 Å². The first-order chi connectivity index (χ1) is 9.87. The second kappa shape index (κ2) is 6.39. The van der Waals surface area contributed by atoms with Crippen molar-refractivity contribution in [1.82, 2.24) is 0 Å². The van der Waals surface area contributed by atoms with Crippen molar-refractivity contribution in [3.8, 4) is 5.75 Å². The van der Waals surface area contributed by atoms with Crippen LogP contribution in [-0.2, 0) is 16.6 Å². The maximum absolute atomic E-state index is 12.2. The van der Waals surface area contributed by atoms with E-state index in [1.165, 1.54) is 19.2 Å². The van der Waals surface area contributed by atoms with Crippen LogP contribution in [0.2, 0.25) is 0 Å². The average molecular weight is 440 g/mol. The average Bonchev–Trinajstić information content (AvgIpc) is 2.91. The molecule has 114 valence electrons. The number of sulfonamides is 1. The standard InChI is InChI=1S/C12H12Br2N2O4S/c1-19-11-5-10(8(13)4-9(11)14)16-21(17,18)12-3-2-7(6-15)20-12/h2-5,16H,6,15H2,1H3. The number of rotatable bonds is 5. The molecule has 0 fully saturated rings. The van der Waals surface area contributed by atoms with Gasteiger partial charge in [0.05, 0.1) is 23.8 Å². The Morgan fingerprint density at radius 1 is 1.29 bits per heavy atom. The molecule has 3 N–H and O–H groups in total. The number of nitrogens with two attached hydrogens (primary N) is 1. The van der Waals surface area contributed by atoms with Gasteiger partial charge in [-0.15, -0.1) is 0 Å². The molecule has 0 saturated carbocycles. The van der Waals surface area contributed by atoms with E-state index in [1.54, 1.807) is 12.1 Å². The Kier molecular flexibility index (Phi) is 4.97. The smallest absolute Gasteiger partial charge is 0.295 e. The van der Waals surface area contributed by atoms with Gasteiger partial charge in [0.15, 0.2) is 0 Å². The highest BCUT2D eigenvalue weighted by Crippen LogP contribution is 2.35. The van der Waals surface area contributed by atoms with Crippen LogP contribution in [0.1, 0.15) is 5.76 Å². The number of hydrogen-bond donors (Lipinski definition) is 2. The zero-order valence-corrected chi connectivity index (χ0v) is 14.9. The molecule has 0 saturated heterocycles. The molecule has 2 aromatic rings. The van der Waals surface area contributed by atoms with Gasteiger partial charge in [-0.05, 0) is 50.1 Å². The van der Waals surface area contributed by atoms with E-state index in [9.17, 15) is 8.42 Å². The molecular formula is C12H12Br2N2O4S. The van der Waals surface area contributed by atoms with Crippen molar-refractivity contribution >= 4 is 47.6 Å². The van der Waals surface area contributed by atoms with E-state index in [0.717, 1.165) is 0 Å². The summed E-state index contributed by atoms with van der Waals surface area (Å²) in [6.45, 7) is 0.130. The fourth-order valence-electron chi connectivity index (χ4n) is 1.57. The second-order valence-electron chi connectivity index (χ2n) is 4.00. The molecule has 2 rings (SSSR count). The predicted molar refractivity (Wildman–Crippen MR) is 85.8 cm³/mol. The SMILES string of the molecule is COc1cc(NS(=O)(=O)c2ccc(CN)o2)c(Br)cc1Br. The number of benzene rings is 1. The second-order valence-corrected chi connectivity index (χ2v) is 7.32. The first-order valence-electron chi connectivity index (χ1n) is 5.72. The highest BCUT2D eigenvalue weighted by molar-refractivity contribution is 9.11. The molecule has 1 aromatic carbocycles. The van der Waals surface area contributed by atoms with Crippen molar-refractivity contribution in [2.24, 2.45) is 5.73 Å². The largest absolute Gasteiger partial charge is 0.495 e. The van der Waals surface area contributed by atoms with Gasteiger partial charge in [0, 0.05) is 10.5 Å². The molecule has 0 radical (unpaired) electrons. The third kappa shape index (κ3) is 3.60. The number of methoxy groups -OCH3 is 1. The van der Waals surface area contributed by atoms with Crippen LogP contribution >= 0.6 is 31.9 Å². The molecule has 6 nitrogen and oxygen atoms in total. The summed E-state index contributed by atoms with van der Waals surface area (Å²) < 4.78 is 38.5. The van der Waals surface area contributed by atoms with Crippen molar-refractivity contribution in [2.45, 2.75) is 11.6 Å². The van der Waals surface area contributed by atoms with Crippen molar-refractivity contribution in [2.75, 3.05) is 11.8 Å². The summed E-state index contributed by atoms with van der Waals surface area (Å²) in [5.41, 5.74) is 5.73. The summed E-state index contributed by atoms with van der Waals surface area (Å²) in [5, 5.41) is -0.197. The van der Waals surface area contributed by atoms with Crippen LogP contribution in [-0.4, -0.2) is 15.5 Å². The van der Waals surface area contributed by atoms with Crippen LogP contribution in [0, 0.1) is 0 Å². The van der Waals surface area contributed by atoms with Crippen LogP contribution in [0.4, 0.5) is 5.69 Å². The Hall–Kier alpha value is -1.03. The number of halogens is 2. The van der Waals surface area contributed by atoms with Crippen LogP contribution in [0.5, 0.6) is 5.75 Å². The molecule has 21 heavy (non-hydrogen) atoms. The highest BCUT2D eigenvalue weighted by Gasteiger charge is 2.20. The number of nitrogens with one attached hydrogen (secondary N) is 1. The van der Waals surface area contributed by atoms with Gasteiger partial charge in [-0.3, -0.25) is 4.72 Å². The lowest BCUT2D eigenvalue weighted by Crippen LogP contribution is -2.12. The van der Waals surface area contributed by atoms with E-state index >= 15 is 0 Å². The molecule has 0 aliphatic carbocycles. The van der Waals surface area contributed by atoms with Gasteiger partial charge in [0.1, 0.15) is 11.5 Å². The van der Waals surface area contributed by atoms with E-state index < -0.39 is 10.0 Å². The summed E-state index contributed by atoms with van der Waals surface area (Å²) in [6.07, 6.45) is 0. The van der Waals surface area contributed by atoms with Crippen LogP contribution < -0.4 is 15.2 Å². The highest BCUT2D eigenvalue weighted by atomic mass is 79.9. The molecule has 0 unspecified atom stereocenters. The van der Waals surface area contributed by atoms with E-state index in [2.05, 4.69) is 36.6 Å². The zero-order chi connectivity index (χ0) is 15.6. The minimum atomic E-state index is -3.84. The summed E-state index contributed by atoms with van der Waals surface area (Å²) in [4.78, 5) is 0. The third-order valence-corrected chi connectivity index (χ3v) is 5.10. The Morgan fingerprint density at radius 2 is 2.00 bits per heavy atom. The molecule has 0 bridgehead atoms. The Balaban J connectivity index is 2.36. The van der Waals surface area contributed by atoms with E-state index in [0.29, 0.717) is 26.1 Å². The molecule has 0 atom stereocenters. The van der Waals surface area contributed by atoms with Gasteiger partial charge in [-0.2, -0.15) is 8.42 Å². The summed E-state index contributed by atoms with van der Waals surface area (Å²) in [7, 11) is -2.34. The van der Waals surface area contributed by atoms with E-state index in [-0.39, 0.29) is 11.6 Å². The molecule has 0 spiro atoms. The van der Waals surface area contributed by atoms with Crippen molar-refractivity contribution in [3.63, 3.8) is 0 Å². The lowest BCUT2D eigenvalue weighted by molar-refractivity contribution is 0.412. The monoisotopic (exact) mass is 438 g/mol. The first-order valence-corrected chi connectivity index (χ1v) is 8.79. The summed E-state index contributed by atoms with van der Waals surface area (Å²) in [5.74, 6) is 0.890. The molecular weight excluding hydrogens is 428 g/mol. The van der Waals surface area contributed by atoms with Crippen LogP contribution in [0.15, 0.2) is 42.7 Å². The number of anilines is 1. The van der Waals surface area contributed by atoms with Crippen LogP contribution in [0.3, 0.4) is 0 Å². The zero-order valence-electron chi connectivity index (χ0n) is 10.9. The van der Waals surface area contributed by atoms with Gasteiger partial charge in [-0.1, -0.05) is 0 Å². The number of ether oxygens (including phenoxy) is 1. The van der Waals surface area contributed by atoms with Crippen molar-refractivity contribution < 1.29 is 17.6 Å². The third-order valence-electron chi connectivity index (χ3n) is 2.59. The van der Waals surface area contributed by atoms with Gasteiger partial charge in [0.25, 0.3) is 10.0 Å². The predicted octanol–water partition coefficient (Wildman–Crippen LogP) is 3.07. The maximum Gasteiger partial charge on any atom is 0.295 e. The quantitative estimate of drug-likeness (QED) is 0.746. The van der Waals surface area contributed by atoms with Crippen molar-refractivity contribution in [1.29, 1.82) is 0 Å². The minimum absolute atomic E-state index is 0.130.